The number of nitrogens with one attached hydrogen (secondary N) is 1. The molecule has 0 fully saturated rings. The molecular weight excluding hydrogens is 202 g/mol. The van der Waals surface area contributed by atoms with Gasteiger partial charge in [0, 0.05) is 40.5 Å². The standard InChI is InChI=1S/C12H21N3O/c1-10-7-11(8-13-5-6-16-4)9-14-12(10)15(2)3/h7,9,13H,5-6,8H2,1-4H3. The molecule has 0 aliphatic rings. The molecule has 1 aromatic rings. The zero-order valence-electron chi connectivity index (χ0n) is 10.6. The normalized spacial score (nSPS) is 10.5. The van der Waals surface area contributed by atoms with Gasteiger partial charge < -0.3 is 15.0 Å². The smallest absolute Gasteiger partial charge is 0.130 e. The Kier molecular flexibility index (Phi) is 5.22. The van der Waals surface area contributed by atoms with Gasteiger partial charge in [0.1, 0.15) is 5.82 Å². The Bertz CT molecular complexity index is 326. The van der Waals surface area contributed by atoms with Crippen molar-refractivity contribution in [3.05, 3.63) is 23.4 Å². The molecule has 0 saturated carbocycles. The Morgan fingerprint density at radius 3 is 2.75 bits per heavy atom. The van der Waals surface area contributed by atoms with Gasteiger partial charge in [-0.15, -0.1) is 0 Å². The van der Waals surface area contributed by atoms with Crippen LogP contribution in [0.25, 0.3) is 0 Å². The van der Waals surface area contributed by atoms with Gasteiger partial charge in [-0.05, 0) is 24.1 Å². The first-order valence-corrected chi connectivity index (χ1v) is 5.47. The van der Waals surface area contributed by atoms with Crippen molar-refractivity contribution >= 4 is 5.82 Å². The van der Waals surface area contributed by atoms with Crippen molar-refractivity contribution < 1.29 is 4.74 Å². The fourth-order valence-electron chi connectivity index (χ4n) is 1.60. The van der Waals surface area contributed by atoms with Gasteiger partial charge in [0.25, 0.3) is 0 Å². The molecule has 1 aromatic heterocycles. The average molecular weight is 223 g/mol. The van der Waals surface area contributed by atoms with Crippen LogP contribution in [0, 0.1) is 6.92 Å². The first-order valence-electron chi connectivity index (χ1n) is 5.47. The lowest BCUT2D eigenvalue weighted by Gasteiger charge is -2.15. The van der Waals surface area contributed by atoms with Crippen LogP contribution in [0.4, 0.5) is 5.82 Å². The maximum atomic E-state index is 4.97. The number of anilines is 1. The Morgan fingerprint density at radius 1 is 1.44 bits per heavy atom. The highest BCUT2D eigenvalue weighted by atomic mass is 16.5. The number of ether oxygens (including phenoxy) is 1. The van der Waals surface area contributed by atoms with Crippen molar-refractivity contribution in [1.29, 1.82) is 0 Å². The van der Waals surface area contributed by atoms with Crippen molar-refractivity contribution in [2.45, 2.75) is 13.5 Å². The molecular formula is C12H21N3O. The average Bonchev–Trinajstić information content (AvgIpc) is 2.24. The second kappa shape index (κ2) is 6.45. The molecule has 1 heterocycles. The van der Waals surface area contributed by atoms with Crippen molar-refractivity contribution in [3.63, 3.8) is 0 Å². The molecule has 0 bridgehead atoms. The number of aromatic nitrogens is 1. The summed E-state index contributed by atoms with van der Waals surface area (Å²) in [6.07, 6.45) is 1.92. The van der Waals surface area contributed by atoms with E-state index in [2.05, 4.69) is 23.3 Å². The van der Waals surface area contributed by atoms with E-state index in [1.807, 2.05) is 25.2 Å². The minimum Gasteiger partial charge on any atom is -0.383 e. The molecule has 4 nitrogen and oxygen atoms in total. The summed E-state index contributed by atoms with van der Waals surface area (Å²) in [6.45, 7) is 4.53. The zero-order valence-corrected chi connectivity index (χ0v) is 10.6. The number of nitrogens with zero attached hydrogens (tertiary/aromatic N) is 2. The summed E-state index contributed by atoms with van der Waals surface area (Å²) in [5.74, 6) is 1.03. The summed E-state index contributed by atoms with van der Waals surface area (Å²) < 4.78 is 4.97. The molecule has 0 saturated heterocycles. The van der Waals surface area contributed by atoms with Crippen molar-refractivity contribution in [1.82, 2.24) is 10.3 Å². The Hall–Kier alpha value is -1.13. The molecule has 0 aromatic carbocycles. The number of aryl methyl sites for hydroxylation is 1. The van der Waals surface area contributed by atoms with Crippen LogP contribution in [-0.4, -0.2) is 39.3 Å². The molecule has 0 aliphatic carbocycles. The number of methoxy groups -OCH3 is 1. The van der Waals surface area contributed by atoms with Crippen LogP contribution in [0.2, 0.25) is 0 Å². The Morgan fingerprint density at radius 2 is 2.19 bits per heavy atom. The lowest BCUT2D eigenvalue weighted by atomic mass is 10.2. The topological polar surface area (TPSA) is 37.4 Å². The lowest BCUT2D eigenvalue weighted by molar-refractivity contribution is 0.199. The molecule has 0 unspecified atom stereocenters. The maximum Gasteiger partial charge on any atom is 0.130 e. The summed E-state index contributed by atoms with van der Waals surface area (Å²) in [5.41, 5.74) is 2.41. The lowest BCUT2D eigenvalue weighted by Crippen LogP contribution is -2.19. The fourth-order valence-corrected chi connectivity index (χ4v) is 1.60. The molecule has 16 heavy (non-hydrogen) atoms. The molecule has 1 rings (SSSR count). The summed E-state index contributed by atoms with van der Waals surface area (Å²) in [6, 6.07) is 2.17. The monoisotopic (exact) mass is 223 g/mol. The predicted octanol–water partition coefficient (Wildman–Crippen LogP) is 1.19. The number of rotatable bonds is 6. The van der Waals surface area contributed by atoms with E-state index in [-0.39, 0.29) is 0 Å². The number of pyridine rings is 1. The quantitative estimate of drug-likeness (QED) is 0.735. The molecule has 0 radical (unpaired) electrons. The first kappa shape index (κ1) is 12.9. The molecule has 90 valence electrons. The number of hydrogen-bond donors (Lipinski definition) is 1. The van der Waals surface area contributed by atoms with E-state index in [1.54, 1.807) is 7.11 Å². The van der Waals surface area contributed by atoms with E-state index in [0.29, 0.717) is 0 Å². The summed E-state index contributed by atoms with van der Waals surface area (Å²) in [7, 11) is 5.72. The number of hydrogen-bond acceptors (Lipinski definition) is 4. The van der Waals surface area contributed by atoms with Gasteiger partial charge in [-0.25, -0.2) is 4.98 Å². The van der Waals surface area contributed by atoms with E-state index in [1.165, 1.54) is 11.1 Å². The van der Waals surface area contributed by atoms with Gasteiger partial charge in [-0.1, -0.05) is 0 Å². The third-order valence-corrected chi connectivity index (χ3v) is 2.34. The zero-order chi connectivity index (χ0) is 12.0. The molecule has 0 atom stereocenters. The highest BCUT2D eigenvalue weighted by Crippen LogP contribution is 2.14. The highest BCUT2D eigenvalue weighted by molar-refractivity contribution is 5.45. The van der Waals surface area contributed by atoms with Crippen LogP contribution in [0.1, 0.15) is 11.1 Å². The predicted molar refractivity (Wildman–Crippen MR) is 66.9 cm³/mol. The van der Waals surface area contributed by atoms with Crippen molar-refractivity contribution in [2.75, 3.05) is 39.3 Å². The summed E-state index contributed by atoms with van der Waals surface area (Å²) >= 11 is 0. The van der Waals surface area contributed by atoms with Gasteiger partial charge in [0.2, 0.25) is 0 Å². The molecule has 0 spiro atoms. The van der Waals surface area contributed by atoms with Gasteiger partial charge in [-0.3, -0.25) is 0 Å². The second-order valence-corrected chi connectivity index (χ2v) is 4.05. The van der Waals surface area contributed by atoms with E-state index in [0.717, 1.165) is 25.5 Å². The molecule has 0 amide bonds. The Balaban J connectivity index is 2.53. The Labute approximate surface area is 97.6 Å². The molecule has 1 N–H and O–H groups in total. The molecule has 0 aliphatic heterocycles. The minimum absolute atomic E-state index is 0.738. The van der Waals surface area contributed by atoms with Crippen LogP contribution in [0.5, 0.6) is 0 Å². The largest absolute Gasteiger partial charge is 0.383 e. The van der Waals surface area contributed by atoms with E-state index >= 15 is 0 Å². The third kappa shape index (κ3) is 3.79. The molecule has 4 heteroatoms. The van der Waals surface area contributed by atoms with Gasteiger partial charge in [0.05, 0.1) is 6.61 Å². The minimum atomic E-state index is 0.738. The highest BCUT2D eigenvalue weighted by Gasteiger charge is 2.03. The van der Waals surface area contributed by atoms with E-state index in [9.17, 15) is 0 Å². The van der Waals surface area contributed by atoms with Crippen molar-refractivity contribution in [3.8, 4) is 0 Å². The van der Waals surface area contributed by atoms with Gasteiger partial charge >= 0.3 is 0 Å². The summed E-state index contributed by atoms with van der Waals surface area (Å²) in [4.78, 5) is 6.46. The van der Waals surface area contributed by atoms with E-state index in [4.69, 9.17) is 4.74 Å². The van der Waals surface area contributed by atoms with Crippen LogP contribution in [-0.2, 0) is 11.3 Å². The van der Waals surface area contributed by atoms with E-state index < -0.39 is 0 Å². The van der Waals surface area contributed by atoms with Crippen molar-refractivity contribution in [2.24, 2.45) is 0 Å². The van der Waals surface area contributed by atoms with Gasteiger partial charge in [0.15, 0.2) is 0 Å². The fraction of sp³-hybridized carbons (Fsp3) is 0.583. The van der Waals surface area contributed by atoms with Gasteiger partial charge in [-0.2, -0.15) is 0 Å². The first-order chi connectivity index (χ1) is 7.65. The van der Waals surface area contributed by atoms with Crippen LogP contribution >= 0.6 is 0 Å². The van der Waals surface area contributed by atoms with Crippen LogP contribution in [0.3, 0.4) is 0 Å². The third-order valence-electron chi connectivity index (χ3n) is 2.34. The second-order valence-electron chi connectivity index (χ2n) is 4.05. The SMILES string of the molecule is COCCNCc1cnc(N(C)C)c(C)c1. The maximum absolute atomic E-state index is 4.97. The van der Waals surface area contributed by atoms with Crippen LogP contribution in [0.15, 0.2) is 12.3 Å². The summed E-state index contributed by atoms with van der Waals surface area (Å²) in [5, 5.41) is 3.30. The van der Waals surface area contributed by atoms with Crippen LogP contribution < -0.4 is 10.2 Å².